The molecule has 0 spiro atoms. The van der Waals surface area contributed by atoms with Gasteiger partial charge < -0.3 is 10.2 Å². The van der Waals surface area contributed by atoms with Crippen LogP contribution in [0.5, 0.6) is 0 Å². The van der Waals surface area contributed by atoms with Crippen LogP contribution in [0.2, 0.25) is 4.34 Å². The van der Waals surface area contributed by atoms with E-state index in [1.54, 1.807) is 11.8 Å². The van der Waals surface area contributed by atoms with Crippen molar-refractivity contribution in [3.63, 3.8) is 0 Å². The van der Waals surface area contributed by atoms with Crippen LogP contribution in [0.15, 0.2) is 12.1 Å². The summed E-state index contributed by atoms with van der Waals surface area (Å²) in [4.78, 5) is 27.1. The van der Waals surface area contributed by atoms with Crippen molar-refractivity contribution in [3.8, 4) is 0 Å². The van der Waals surface area contributed by atoms with Gasteiger partial charge in [0.05, 0.1) is 10.9 Å². The summed E-state index contributed by atoms with van der Waals surface area (Å²) in [5.74, 6) is -0.210. The first kappa shape index (κ1) is 18.0. The Balaban J connectivity index is 2.67. The second kappa shape index (κ2) is 7.27. The Morgan fingerprint density at radius 3 is 2.43 bits per heavy atom. The van der Waals surface area contributed by atoms with Gasteiger partial charge in [-0.1, -0.05) is 32.4 Å². The number of carbonyl (C=O) groups is 2. The maximum Gasteiger partial charge on any atom is 0.245 e. The Bertz CT molecular complexity index is 508. The molecule has 1 heterocycles. The molecule has 4 nitrogen and oxygen atoms in total. The van der Waals surface area contributed by atoms with Crippen LogP contribution in [0.3, 0.4) is 0 Å². The molecule has 0 saturated carbocycles. The van der Waals surface area contributed by atoms with Crippen molar-refractivity contribution >= 4 is 34.8 Å². The monoisotopic (exact) mass is 330 g/mol. The molecule has 0 saturated heterocycles. The van der Waals surface area contributed by atoms with Crippen LogP contribution in [0, 0.1) is 5.41 Å². The number of halogens is 1. The first-order valence-electron chi connectivity index (χ1n) is 6.99. The molecular formula is C15H23ClN2O2S. The predicted molar refractivity (Wildman–Crippen MR) is 87.5 cm³/mol. The fourth-order valence-electron chi connectivity index (χ4n) is 1.72. The highest BCUT2D eigenvalue weighted by molar-refractivity contribution is 7.16. The van der Waals surface area contributed by atoms with Crippen LogP contribution < -0.4 is 5.32 Å². The van der Waals surface area contributed by atoms with Gasteiger partial charge in [-0.2, -0.15) is 0 Å². The third kappa shape index (κ3) is 5.32. The van der Waals surface area contributed by atoms with Gasteiger partial charge in [-0.15, -0.1) is 11.3 Å². The molecule has 0 aliphatic rings. The standard InChI is InChI=1S/C15H23ClN2O2S/c1-6-18(9-11-7-8-12(16)21-11)13(19)10(2)17-14(20)15(3,4)5/h7-8,10H,6,9H2,1-5H3,(H,17,20). The summed E-state index contributed by atoms with van der Waals surface area (Å²) in [6.07, 6.45) is 0. The largest absolute Gasteiger partial charge is 0.344 e. The predicted octanol–water partition coefficient (Wildman–Crippen LogP) is 3.30. The van der Waals surface area contributed by atoms with Crippen LogP contribution in [0.1, 0.15) is 39.5 Å². The fourth-order valence-corrected chi connectivity index (χ4v) is 2.82. The number of rotatable bonds is 5. The number of hydrogen-bond donors (Lipinski definition) is 1. The number of nitrogens with zero attached hydrogens (tertiary/aromatic N) is 1. The molecule has 0 aromatic carbocycles. The van der Waals surface area contributed by atoms with Crippen LogP contribution >= 0.6 is 22.9 Å². The highest BCUT2D eigenvalue weighted by Gasteiger charge is 2.27. The van der Waals surface area contributed by atoms with Gasteiger partial charge in [0.15, 0.2) is 0 Å². The van der Waals surface area contributed by atoms with Gasteiger partial charge in [0.2, 0.25) is 11.8 Å². The molecule has 21 heavy (non-hydrogen) atoms. The number of likely N-dealkylation sites (N-methyl/N-ethyl adjacent to an activating group) is 1. The van der Waals surface area contributed by atoms with Gasteiger partial charge in [0.1, 0.15) is 6.04 Å². The lowest BCUT2D eigenvalue weighted by Gasteiger charge is -2.26. The lowest BCUT2D eigenvalue weighted by atomic mass is 9.95. The van der Waals surface area contributed by atoms with Gasteiger partial charge in [-0.3, -0.25) is 9.59 Å². The number of amides is 2. The Labute approximate surface area is 135 Å². The maximum atomic E-state index is 12.4. The van der Waals surface area contributed by atoms with Crippen molar-refractivity contribution in [2.75, 3.05) is 6.54 Å². The molecule has 1 rings (SSSR count). The molecular weight excluding hydrogens is 308 g/mol. The third-order valence-electron chi connectivity index (χ3n) is 3.07. The van der Waals surface area contributed by atoms with Crippen molar-refractivity contribution in [2.45, 2.75) is 47.2 Å². The Morgan fingerprint density at radius 1 is 1.38 bits per heavy atom. The van der Waals surface area contributed by atoms with Gasteiger partial charge >= 0.3 is 0 Å². The topological polar surface area (TPSA) is 49.4 Å². The SMILES string of the molecule is CCN(Cc1ccc(Cl)s1)C(=O)C(C)NC(=O)C(C)(C)C. The highest BCUT2D eigenvalue weighted by atomic mass is 35.5. The van der Waals surface area contributed by atoms with Gasteiger partial charge in [-0.25, -0.2) is 0 Å². The molecule has 1 atom stereocenters. The van der Waals surface area contributed by atoms with Crippen molar-refractivity contribution in [3.05, 3.63) is 21.3 Å². The summed E-state index contributed by atoms with van der Waals surface area (Å²) in [5, 5.41) is 2.77. The van der Waals surface area contributed by atoms with E-state index in [9.17, 15) is 9.59 Å². The number of nitrogens with one attached hydrogen (secondary N) is 1. The van der Waals surface area contributed by atoms with E-state index in [-0.39, 0.29) is 11.8 Å². The molecule has 118 valence electrons. The first-order chi connectivity index (χ1) is 9.65. The van der Waals surface area contributed by atoms with Crippen molar-refractivity contribution in [1.82, 2.24) is 10.2 Å². The van der Waals surface area contributed by atoms with Crippen LogP contribution in [-0.4, -0.2) is 29.3 Å². The normalized spacial score (nSPS) is 12.9. The molecule has 1 aromatic heterocycles. The second-order valence-corrected chi connectivity index (χ2v) is 7.80. The summed E-state index contributed by atoms with van der Waals surface area (Å²) in [7, 11) is 0. The lowest BCUT2D eigenvalue weighted by Crippen LogP contribution is -2.49. The second-order valence-electron chi connectivity index (χ2n) is 6.00. The minimum atomic E-state index is -0.535. The van der Waals surface area contributed by atoms with E-state index in [1.807, 2.05) is 39.8 Å². The van der Waals surface area contributed by atoms with Gasteiger partial charge in [0, 0.05) is 16.8 Å². The third-order valence-corrected chi connectivity index (χ3v) is 4.28. The first-order valence-corrected chi connectivity index (χ1v) is 8.18. The van der Waals surface area contributed by atoms with Crippen molar-refractivity contribution in [1.29, 1.82) is 0 Å². The average molecular weight is 331 g/mol. The molecule has 2 amide bonds. The van der Waals surface area contributed by atoms with E-state index < -0.39 is 11.5 Å². The molecule has 0 aliphatic carbocycles. The molecule has 0 bridgehead atoms. The molecule has 1 aromatic rings. The summed E-state index contributed by atoms with van der Waals surface area (Å²) in [6, 6.07) is 3.21. The average Bonchev–Trinajstić information content (AvgIpc) is 2.79. The van der Waals surface area contributed by atoms with Crippen LogP contribution in [-0.2, 0) is 16.1 Å². The lowest BCUT2D eigenvalue weighted by molar-refractivity contribution is -0.138. The molecule has 0 aliphatic heterocycles. The fraction of sp³-hybridized carbons (Fsp3) is 0.600. The quantitative estimate of drug-likeness (QED) is 0.900. The van der Waals surface area contributed by atoms with E-state index in [0.717, 1.165) is 4.88 Å². The maximum absolute atomic E-state index is 12.4. The Hall–Kier alpha value is -1.07. The van der Waals surface area contributed by atoms with E-state index >= 15 is 0 Å². The van der Waals surface area contributed by atoms with Crippen LogP contribution in [0.4, 0.5) is 0 Å². The van der Waals surface area contributed by atoms with Crippen LogP contribution in [0.25, 0.3) is 0 Å². The zero-order chi connectivity index (χ0) is 16.2. The Morgan fingerprint density at radius 2 is 2.00 bits per heavy atom. The highest BCUT2D eigenvalue weighted by Crippen LogP contribution is 2.23. The number of thiophene rings is 1. The molecule has 1 N–H and O–H groups in total. The van der Waals surface area contributed by atoms with Crippen molar-refractivity contribution in [2.24, 2.45) is 5.41 Å². The molecule has 0 fully saturated rings. The van der Waals surface area contributed by atoms with Gasteiger partial charge in [0.25, 0.3) is 0 Å². The molecule has 0 radical (unpaired) electrons. The minimum Gasteiger partial charge on any atom is -0.344 e. The number of hydrogen-bond acceptors (Lipinski definition) is 3. The molecule has 1 unspecified atom stereocenters. The summed E-state index contributed by atoms with van der Waals surface area (Å²) in [6.45, 7) is 10.2. The zero-order valence-electron chi connectivity index (χ0n) is 13.2. The minimum absolute atomic E-state index is 0.0837. The summed E-state index contributed by atoms with van der Waals surface area (Å²) < 4.78 is 0.711. The van der Waals surface area contributed by atoms with E-state index in [0.29, 0.717) is 17.4 Å². The van der Waals surface area contributed by atoms with Crippen molar-refractivity contribution < 1.29 is 9.59 Å². The summed E-state index contributed by atoms with van der Waals surface area (Å²) >= 11 is 7.37. The van der Waals surface area contributed by atoms with E-state index in [4.69, 9.17) is 11.6 Å². The molecule has 6 heteroatoms. The smallest absolute Gasteiger partial charge is 0.245 e. The summed E-state index contributed by atoms with van der Waals surface area (Å²) in [5.41, 5.74) is -0.507. The number of carbonyl (C=O) groups excluding carboxylic acids is 2. The van der Waals surface area contributed by atoms with E-state index in [2.05, 4.69) is 5.32 Å². The Kier molecular flexibility index (Phi) is 6.23. The van der Waals surface area contributed by atoms with Gasteiger partial charge in [-0.05, 0) is 26.0 Å². The van der Waals surface area contributed by atoms with E-state index in [1.165, 1.54) is 11.3 Å². The zero-order valence-corrected chi connectivity index (χ0v) is 14.8.